The number of aryl methyl sites for hydroxylation is 1. The molecule has 0 amide bonds. The van der Waals surface area contributed by atoms with Gasteiger partial charge in [-0.1, -0.05) is 35.9 Å². The Morgan fingerprint density at radius 3 is 2.65 bits per heavy atom. The number of halogens is 2. The molecule has 0 N–H and O–H groups in total. The molecule has 34 heavy (non-hydrogen) atoms. The van der Waals surface area contributed by atoms with Crippen LogP contribution in [0.4, 0.5) is 4.39 Å². The number of esters is 2. The summed E-state index contributed by atoms with van der Waals surface area (Å²) < 4.78 is 30.1. The van der Waals surface area contributed by atoms with Gasteiger partial charge in [0.15, 0.2) is 17.2 Å². The first kappa shape index (κ1) is 23.2. The van der Waals surface area contributed by atoms with Gasteiger partial charge in [-0.3, -0.25) is 0 Å². The Labute approximate surface area is 200 Å². The van der Waals surface area contributed by atoms with Crippen LogP contribution in [0.3, 0.4) is 0 Å². The van der Waals surface area contributed by atoms with Crippen LogP contribution in [0.15, 0.2) is 71.4 Å². The molecule has 0 unspecified atom stereocenters. The Hall–Kier alpha value is -3.97. The second-order valence-corrected chi connectivity index (χ2v) is 7.72. The zero-order valence-electron chi connectivity index (χ0n) is 18.3. The quantitative estimate of drug-likeness (QED) is 0.256. The van der Waals surface area contributed by atoms with E-state index in [1.54, 1.807) is 37.3 Å². The molecule has 0 bridgehead atoms. The molecule has 1 aliphatic rings. The van der Waals surface area contributed by atoms with Crippen LogP contribution >= 0.6 is 11.6 Å². The summed E-state index contributed by atoms with van der Waals surface area (Å²) in [7, 11) is 0. The Morgan fingerprint density at radius 2 is 1.91 bits per heavy atom. The van der Waals surface area contributed by atoms with Crippen molar-refractivity contribution < 1.29 is 28.2 Å². The van der Waals surface area contributed by atoms with Crippen molar-refractivity contribution in [2.45, 2.75) is 13.8 Å². The highest BCUT2D eigenvalue weighted by Gasteiger charge is 2.25. The summed E-state index contributed by atoms with van der Waals surface area (Å²) in [5, 5.41) is 0.538. The highest BCUT2D eigenvalue weighted by molar-refractivity contribution is 6.31. The third-order valence-corrected chi connectivity index (χ3v) is 5.31. The van der Waals surface area contributed by atoms with Gasteiger partial charge in [-0.2, -0.15) is 0 Å². The molecule has 0 saturated heterocycles. The molecule has 3 aromatic rings. The molecule has 8 heteroatoms. The van der Waals surface area contributed by atoms with E-state index < -0.39 is 17.8 Å². The highest BCUT2D eigenvalue weighted by Crippen LogP contribution is 2.31. The summed E-state index contributed by atoms with van der Waals surface area (Å²) >= 11 is 6.16. The predicted molar refractivity (Wildman–Crippen MR) is 126 cm³/mol. The van der Waals surface area contributed by atoms with Crippen molar-refractivity contribution in [1.82, 2.24) is 0 Å². The maximum atomic E-state index is 13.9. The molecular weight excluding hydrogens is 461 g/mol. The van der Waals surface area contributed by atoms with Crippen LogP contribution in [0.25, 0.3) is 6.08 Å². The van der Waals surface area contributed by atoms with Crippen LogP contribution in [0.2, 0.25) is 5.02 Å². The Balaban J connectivity index is 1.61. The Morgan fingerprint density at radius 1 is 1.12 bits per heavy atom. The van der Waals surface area contributed by atoms with Gasteiger partial charge >= 0.3 is 11.9 Å². The van der Waals surface area contributed by atoms with E-state index in [0.717, 1.165) is 5.56 Å². The Kier molecular flexibility index (Phi) is 6.75. The van der Waals surface area contributed by atoms with Crippen LogP contribution in [0.5, 0.6) is 11.5 Å². The molecule has 172 valence electrons. The fourth-order valence-electron chi connectivity index (χ4n) is 3.17. The van der Waals surface area contributed by atoms with E-state index in [0.29, 0.717) is 22.8 Å². The van der Waals surface area contributed by atoms with Gasteiger partial charge in [-0.05, 0) is 67.4 Å². The van der Waals surface area contributed by atoms with E-state index in [9.17, 15) is 14.0 Å². The van der Waals surface area contributed by atoms with Crippen molar-refractivity contribution in [3.05, 3.63) is 99.5 Å². The number of hydrogen-bond acceptors (Lipinski definition) is 6. The first-order valence-electron chi connectivity index (χ1n) is 10.4. The van der Waals surface area contributed by atoms with Gasteiger partial charge in [-0.25, -0.2) is 19.0 Å². The summed E-state index contributed by atoms with van der Waals surface area (Å²) in [4.78, 5) is 29.0. The topological polar surface area (TPSA) is 74.2 Å². The van der Waals surface area contributed by atoms with Crippen LogP contribution < -0.4 is 9.47 Å². The standard InChI is InChI=1S/C26H19ClFNO5/c1-3-32-23-13-16(9-11-22(23)33-25(30)18-6-4-5-7-20(18)28)12-21-26(31)34-24(29-21)17-10-8-15(2)19(27)14-17/h4-14H,3H2,1-2H3/b21-12-. The van der Waals surface area contributed by atoms with E-state index in [-0.39, 0.29) is 28.7 Å². The Bertz CT molecular complexity index is 1350. The van der Waals surface area contributed by atoms with Gasteiger partial charge in [0.2, 0.25) is 5.90 Å². The largest absolute Gasteiger partial charge is 0.490 e. The van der Waals surface area contributed by atoms with Crippen molar-refractivity contribution in [3.63, 3.8) is 0 Å². The first-order valence-corrected chi connectivity index (χ1v) is 10.8. The zero-order valence-corrected chi connectivity index (χ0v) is 19.1. The molecule has 0 aliphatic carbocycles. The number of benzene rings is 3. The van der Waals surface area contributed by atoms with Crippen molar-refractivity contribution in [1.29, 1.82) is 0 Å². The SMILES string of the molecule is CCOc1cc(/C=C2\N=C(c3ccc(C)c(Cl)c3)OC2=O)ccc1OC(=O)c1ccccc1F. The number of nitrogens with zero attached hydrogens (tertiary/aromatic N) is 1. The van der Waals surface area contributed by atoms with Crippen molar-refractivity contribution in [2.75, 3.05) is 6.61 Å². The average Bonchev–Trinajstić information content (AvgIpc) is 3.18. The summed E-state index contributed by atoms with van der Waals surface area (Å²) in [5.41, 5.74) is 1.93. The van der Waals surface area contributed by atoms with Gasteiger partial charge in [0.05, 0.1) is 12.2 Å². The number of ether oxygens (including phenoxy) is 3. The van der Waals surface area contributed by atoms with Crippen molar-refractivity contribution in [2.24, 2.45) is 4.99 Å². The zero-order chi connectivity index (χ0) is 24.2. The second kappa shape index (κ2) is 9.89. The van der Waals surface area contributed by atoms with Gasteiger partial charge in [-0.15, -0.1) is 0 Å². The molecule has 0 spiro atoms. The molecule has 0 saturated carbocycles. The lowest BCUT2D eigenvalue weighted by Crippen LogP contribution is -2.11. The maximum Gasteiger partial charge on any atom is 0.363 e. The molecule has 6 nitrogen and oxygen atoms in total. The third kappa shape index (κ3) is 5.00. The predicted octanol–water partition coefficient (Wildman–Crippen LogP) is 5.75. The van der Waals surface area contributed by atoms with Gasteiger partial charge in [0, 0.05) is 10.6 Å². The maximum absolute atomic E-state index is 13.9. The normalized spacial score (nSPS) is 14.1. The minimum absolute atomic E-state index is 0.0882. The van der Waals surface area contributed by atoms with Crippen molar-refractivity contribution in [3.8, 4) is 11.5 Å². The van der Waals surface area contributed by atoms with E-state index in [4.69, 9.17) is 25.8 Å². The molecule has 0 atom stereocenters. The summed E-state index contributed by atoms with van der Waals surface area (Å²) in [5.74, 6) is -1.63. The monoisotopic (exact) mass is 479 g/mol. The molecular formula is C26H19ClFNO5. The van der Waals surface area contributed by atoms with Crippen molar-refractivity contribution >= 4 is 35.5 Å². The lowest BCUT2D eigenvalue weighted by atomic mass is 10.1. The number of hydrogen-bond donors (Lipinski definition) is 0. The summed E-state index contributed by atoms with van der Waals surface area (Å²) in [6.45, 7) is 3.93. The lowest BCUT2D eigenvalue weighted by molar-refractivity contribution is -0.129. The molecule has 0 radical (unpaired) electrons. The molecule has 0 fully saturated rings. The number of rotatable bonds is 6. The summed E-state index contributed by atoms with van der Waals surface area (Å²) in [6.07, 6.45) is 1.52. The lowest BCUT2D eigenvalue weighted by Gasteiger charge is -2.11. The molecule has 3 aromatic carbocycles. The van der Waals surface area contributed by atoms with Gasteiger partial charge in [0.25, 0.3) is 0 Å². The van der Waals surface area contributed by atoms with Crippen LogP contribution in [0.1, 0.15) is 34.0 Å². The number of cyclic esters (lactones) is 1. The summed E-state index contributed by atoms with van der Waals surface area (Å²) in [6, 6.07) is 15.5. The highest BCUT2D eigenvalue weighted by atomic mass is 35.5. The second-order valence-electron chi connectivity index (χ2n) is 7.31. The molecule has 1 aliphatic heterocycles. The number of carbonyl (C=O) groups is 2. The average molecular weight is 480 g/mol. The minimum Gasteiger partial charge on any atom is -0.490 e. The van der Waals surface area contributed by atoms with Gasteiger partial charge < -0.3 is 14.2 Å². The van der Waals surface area contributed by atoms with Crippen LogP contribution in [0, 0.1) is 12.7 Å². The van der Waals surface area contributed by atoms with Crippen LogP contribution in [-0.2, 0) is 9.53 Å². The molecule has 4 rings (SSSR count). The van der Waals surface area contributed by atoms with Gasteiger partial charge in [0.1, 0.15) is 5.82 Å². The molecule has 1 heterocycles. The van der Waals surface area contributed by atoms with Crippen LogP contribution in [-0.4, -0.2) is 24.4 Å². The fraction of sp³-hybridized carbons (Fsp3) is 0.115. The van der Waals surface area contributed by atoms with E-state index in [1.807, 2.05) is 13.0 Å². The fourth-order valence-corrected chi connectivity index (χ4v) is 3.35. The molecule has 0 aromatic heterocycles. The third-order valence-electron chi connectivity index (χ3n) is 4.91. The van der Waals surface area contributed by atoms with E-state index in [2.05, 4.69) is 4.99 Å². The minimum atomic E-state index is -0.851. The van der Waals surface area contributed by atoms with E-state index in [1.165, 1.54) is 30.3 Å². The smallest absolute Gasteiger partial charge is 0.363 e. The number of carbonyl (C=O) groups excluding carboxylic acids is 2. The van der Waals surface area contributed by atoms with E-state index >= 15 is 0 Å². The first-order chi connectivity index (χ1) is 16.4. The number of aliphatic imine (C=N–C) groups is 1.